The molecule has 0 unspecified atom stereocenters. The van der Waals surface area contributed by atoms with Crippen molar-refractivity contribution in [3.63, 3.8) is 0 Å². The van der Waals surface area contributed by atoms with E-state index >= 15 is 0 Å². The molecule has 3 aromatic carbocycles. The highest BCUT2D eigenvalue weighted by Crippen LogP contribution is 2.27. The van der Waals surface area contributed by atoms with Crippen LogP contribution < -0.4 is 20.2 Å². The van der Waals surface area contributed by atoms with Crippen molar-refractivity contribution < 1.29 is 19.1 Å². The summed E-state index contributed by atoms with van der Waals surface area (Å²) in [5.41, 5.74) is 4.84. The van der Waals surface area contributed by atoms with Crippen molar-refractivity contribution in [2.45, 2.75) is 5.92 Å². The lowest BCUT2D eigenvalue weighted by molar-refractivity contribution is -0.126. The third-order valence-corrected chi connectivity index (χ3v) is 4.76. The van der Waals surface area contributed by atoms with Gasteiger partial charge >= 0.3 is 0 Å². The van der Waals surface area contributed by atoms with Crippen molar-refractivity contribution in [1.29, 1.82) is 0 Å². The molecular weight excluding hydrogens is 406 g/mol. The van der Waals surface area contributed by atoms with E-state index in [1.165, 1.54) is 6.21 Å². The Morgan fingerprint density at radius 2 is 1.47 bits per heavy atom. The number of benzene rings is 3. The number of carbonyl (C=O) groups is 2. The molecule has 2 N–H and O–H groups in total. The number of ether oxygens (including phenoxy) is 2. The molecule has 0 atom stereocenters. The molecule has 0 heterocycles. The quantitative estimate of drug-likeness (QED) is 0.403. The number of nitrogens with zero attached hydrogens (tertiary/aromatic N) is 1. The van der Waals surface area contributed by atoms with Crippen molar-refractivity contribution in [1.82, 2.24) is 10.7 Å². The largest absolute Gasteiger partial charge is 0.493 e. The Hall–Kier alpha value is -4.13. The Kier molecular flexibility index (Phi) is 7.97. The van der Waals surface area contributed by atoms with E-state index in [2.05, 4.69) is 15.8 Å². The Balaban J connectivity index is 1.59. The number of methoxy groups -OCH3 is 2. The first-order valence-electron chi connectivity index (χ1n) is 10.0. The Labute approximate surface area is 187 Å². The van der Waals surface area contributed by atoms with Crippen LogP contribution in [0.5, 0.6) is 11.5 Å². The minimum atomic E-state index is -0.513. The zero-order chi connectivity index (χ0) is 22.8. The summed E-state index contributed by atoms with van der Waals surface area (Å²) in [5, 5.41) is 6.64. The normalized spacial score (nSPS) is 10.7. The fourth-order valence-corrected chi connectivity index (χ4v) is 3.21. The fraction of sp³-hybridized carbons (Fsp3) is 0.160. The molecule has 2 amide bonds. The molecule has 7 nitrogen and oxygen atoms in total. The van der Waals surface area contributed by atoms with Gasteiger partial charge in [-0.2, -0.15) is 5.10 Å². The Morgan fingerprint density at radius 1 is 0.875 bits per heavy atom. The van der Waals surface area contributed by atoms with Gasteiger partial charge in [0.05, 0.1) is 32.9 Å². The molecule has 0 fully saturated rings. The van der Waals surface area contributed by atoms with Gasteiger partial charge < -0.3 is 14.8 Å². The average molecular weight is 431 g/mol. The number of amides is 2. The van der Waals surface area contributed by atoms with Gasteiger partial charge in [-0.1, -0.05) is 60.7 Å². The fourth-order valence-electron chi connectivity index (χ4n) is 3.21. The maximum absolute atomic E-state index is 12.9. The lowest BCUT2D eigenvalue weighted by Crippen LogP contribution is -2.37. The van der Waals surface area contributed by atoms with Crippen LogP contribution in [0.25, 0.3) is 0 Å². The Morgan fingerprint density at radius 3 is 2.03 bits per heavy atom. The molecule has 0 aliphatic rings. The molecule has 3 aromatic rings. The molecule has 0 bridgehead atoms. The van der Waals surface area contributed by atoms with Crippen molar-refractivity contribution in [2.75, 3.05) is 20.8 Å². The number of nitrogens with one attached hydrogen (secondary N) is 2. The van der Waals surface area contributed by atoms with E-state index in [1.54, 1.807) is 32.4 Å². The second-order valence-electron chi connectivity index (χ2n) is 6.88. The lowest BCUT2D eigenvalue weighted by Gasteiger charge is -2.17. The van der Waals surface area contributed by atoms with Gasteiger partial charge in [0.2, 0.25) is 5.91 Å². The van der Waals surface area contributed by atoms with Crippen LogP contribution in [0.2, 0.25) is 0 Å². The van der Waals surface area contributed by atoms with Gasteiger partial charge in [-0.25, -0.2) is 5.43 Å². The molecule has 32 heavy (non-hydrogen) atoms. The van der Waals surface area contributed by atoms with E-state index in [0.29, 0.717) is 11.5 Å². The first-order valence-corrected chi connectivity index (χ1v) is 10.0. The van der Waals surface area contributed by atoms with Crippen molar-refractivity contribution in [2.24, 2.45) is 5.10 Å². The molecule has 164 valence electrons. The summed E-state index contributed by atoms with van der Waals surface area (Å²) < 4.78 is 10.4. The zero-order valence-electron chi connectivity index (χ0n) is 17.9. The number of carbonyl (C=O) groups excluding carboxylic acids is 2. The summed E-state index contributed by atoms with van der Waals surface area (Å²) in [4.78, 5) is 25.1. The second kappa shape index (κ2) is 11.3. The van der Waals surface area contributed by atoms with Gasteiger partial charge in [0.25, 0.3) is 5.91 Å². The predicted octanol–water partition coefficient (Wildman–Crippen LogP) is 3.10. The molecule has 0 saturated heterocycles. The molecule has 0 spiro atoms. The van der Waals surface area contributed by atoms with Crippen LogP contribution in [0.1, 0.15) is 22.6 Å². The summed E-state index contributed by atoms with van der Waals surface area (Å²) in [7, 11) is 3.10. The lowest BCUT2D eigenvalue weighted by atomic mass is 9.90. The minimum absolute atomic E-state index is 0.196. The number of hydrazone groups is 1. The molecule has 7 heteroatoms. The topological polar surface area (TPSA) is 89.0 Å². The smallest absolute Gasteiger partial charge is 0.259 e. The molecule has 0 saturated carbocycles. The summed E-state index contributed by atoms with van der Waals surface area (Å²) in [6.45, 7) is -0.196. The average Bonchev–Trinajstić information content (AvgIpc) is 2.84. The molecule has 0 radical (unpaired) electrons. The maximum Gasteiger partial charge on any atom is 0.259 e. The summed E-state index contributed by atoms with van der Waals surface area (Å²) in [6.07, 6.45) is 1.48. The van der Waals surface area contributed by atoms with Crippen molar-refractivity contribution in [3.05, 3.63) is 95.6 Å². The number of rotatable bonds is 9. The van der Waals surface area contributed by atoms with Gasteiger partial charge in [0.1, 0.15) is 0 Å². The van der Waals surface area contributed by atoms with Gasteiger partial charge in [0.15, 0.2) is 11.5 Å². The predicted molar refractivity (Wildman–Crippen MR) is 123 cm³/mol. The first-order chi connectivity index (χ1) is 15.6. The number of hydrogen-bond donors (Lipinski definition) is 2. The van der Waals surface area contributed by atoms with Crippen LogP contribution in [-0.2, 0) is 9.59 Å². The van der Waals surface area contributed by atoms with Crippen LogP contribution in [0, 0.1) is 0 Å². The van der Waals surface area contributed by atoms with Gasteiger partial charge in [-0.05, 0) is 34.9 Å². The van der Waals surface area contributed by atoms with Crippen LogP contribution in [0.15, 0.2) is 84.0 Å². The van der Waals surface area contributed by atoms with E-state index in [4.69, 9.17) is 9.47 Å². The SMILES string of the molecule is COc1ccc(/C=N\NC(=O)CNC(=O)C(c2ccccc2)c2ccccc2)cc1OC. The van der Waals surface area contributed by atoms with Gasteiger partial charge in [-0.3, -0.25) is 9.59 Å². The standard InChI is InChI=1S/C25H25N3O4/c1-31-21-14-13-18(15-22(21)32-2)16-27-28-23(29)17-26-25(30)24(19-9-5-3-6-10-19)20-11-7-4-8-12-20/h3-16,24H,17H2,1-2H3,(H,26,30)(H,28,29)/b27-16-. The van der Waals surface area contributed by atoms with Gasteiger partial charge in [-0.15, -0.1) is 0 Å². The van der Waals surface area contributed by atoms with E-state index in [0.717, 1.165) is 16.7 Å². The Bertz CT molecular complexity index is 1030. The van der Waals surface area contributed by atoms with E-state index < -0.39 is 11.8 Å². The molecule has 0 aromatic heterocycles. The maximum atomic E-state index is 12.9. The summed E-state index contributed by atoms with van der Waals surface area (Å²) >= 11 is 0. The third kappa shape index (κ3) is 5.95. The third-order valence-electron chi connectivity index (χ3n) is 4.76. The molecule has 0 aliphatic carbocycles. The van der Waals surface area contributed by atoms with E-state index in [1.807, 2.05) is 60.7 Å². The van der Waals surface area contributed by atoms with Gasteiger partial charge in [0, 0.05) is 0 Å². The van der Waals surface area contributed by atoms with E-state index in [9.17, 15) is 9.59 Å². The summed E-state index contributed by atoms with van der Waals surface area (Å²) in [5.74, 6) is -0.0532. The van der Waals surface area contributed by atoms with Crippen LogP contribution in [0.3, 0.4) is 0 Å². The molecule has 0 aliphatic heterocycles. The number of hydrogen-bond acceptors (Lipinski definition) is 5. The monoisotopic (exact) mass is 431 g/mol. The molecular formula is C25H25N3O4. The summed E-state index contributed by atoms with van der Waals surface area (Å²) in [6, 6.07) is 24.2. The highest BCUT2D eigenvalue weighted by Gasteiger charge is 2.22. The van der Waals surface area contributed by atoms with Crippen LogP contribution in [0.4, 0.5) is 0 Å². The highest BCUT2D eigenvalue weighted by atomic mass is 16.5. The van der Waals surface area contributed by atoms with Crippen LogP contribution >= 0.6 is 0 Å². The van der Waals surface area contributed by atoms with Crippen LogP contribution in [-0.4, -0.2) is 38.8 Å². The van der Waals surface area contributed by atoms with Crippen molar-refractivity contribution >= 4 is 18.0 Å². The minimum Gasteiger partial charge on any atom is -0.493 e. The highest BCUT2D eigenvalue weighted by molar-refractivity contribution is 5.91. The molecule has 3 rings (SSSR count). The van der Waals surface area contributed by atoms with Crippen molar-refractivity contribution in [3.8, 4) is 11.5 Å². The second-order valence-corrected chi connectivity index (χ2v) is 6.88. The zero-order valence-corrected chi connectivity index (χ0v) is 17.9. The van der Waals surface area contributed by atoms with E-state index in [-0.39, 0.29) is 12.5 Å². The first kappa shape index (κ1) is 22.6.